The fraction of sp³-hybridized carbons (Fsp3) is 0.600. The summed E-state index contributed by atoms with van der Waals surface area (Å²) in [4.78, 5) is 2.39. The first-order valence-corrected chi connectivity index (χ1v) is 6.80. The first-order valence-electron chi connectivity index (χ1n) is 6.80. The molecule has 2 N–H and O–H groups in total. The van der Waals surface area contributed by atoms with Gasteiger partial charge in [0.25, 0.3) is 0 Å². The van der Waals surface area contributed by atoms with E-state index in [1.807, 2.05) is 19.1 Å². The van der Waals surface area contributed by atoms with Crippen molar-refractivity contribution >= 4 is 11.4 Å². The summed E-state index contributed by atoms with van der Waals surface area (Å²) in [5.41, 5.74) is 8.48. The molecule has 100 valence electrons. The Balaban J connectivity index is 2.25. The largest absolute Gasteiger partial charge is 0.492 e. The van der Waals surface area contributed by atoms with Gasteiger partial charge in [-0.1, -0.05) is 19.9 Å². The highest BCUT2D eigenvalue weighted by atomic mass is 16.5. The molecular weight excluding hydrogens is 224 g/mol. The molecule has 0 bridgehead atoms. The average Bonchev–Trinajstić information content (AvgIpc) is 2.31. The van der Waals surface area contributed by atoms with Crippen LogP contribution in [0.3, 0.4) is 0 Å². The molecule has 1 aromatic carbocycles. The van der Waals surface area contributed by atoms with E-state index in [4.69, 9.17) is 10.5 Å². The van der Waals surface area contributed by atoms with Crippen LogP contribution in [0.5, 0.6) is 5.75 Å². The van der Waals surface area contributed by atoms with E-state index >= 15 is 0 Å². The van der Waals surface area contributed by atoms with Crippen LogP contribution in [0.15, 0.2) is 18.2 Å². The van der Waals surface area contributed by atoms with E-state index in [1.165, 1.54) is 12.8 Å². The van der Waals surface area contributed by atoms with Crippen LogP contribution in [0.2, 0.25) is 0 Å². The first-order chi connectivity index (χ1) is 8.53. The van der Waals surface area contributed by atoms with Crippen molar-refractivity contribution in [2.24, 2.45) is 5.41 Å². The molecular formula is C15H24N2O. The number of para-hydroxylation sites is 1. The Morgan fingerprint density at radius 3 is 2.83 bits per heavy atom. The highest BCUT2D eigenvalue weighted by molar-refractivity contribution is 5.74. The summed E-state index contributed by atoms with van der Waals surface area (Å²) in [6.45, 7) is 9.43. The van der Waals surface area contributed by atoms with Gasteiger partial charge in [0.05, 0.1) is 18.0 Å². The van der Waals surface area contributed by atoms with Crippen LogP contribution in [-0.4, -0.2) is 19.7 Å². The number of nitrogens with zero attached hydrogens (tertiary/aromatic N) is 1. The lowest BCUT2D eigenvalue weighted by Crippen LogP contribution is -2.40. The molecule has 1 aliphatic rings. The van der Waals surface area contributed by atoms with Crippen molar-refractivity contribution in [1.82, 2.24) is 0 Å². The van der Waals surface area contributed by atoms with Crippen LogP contribution < -0.4 is 15.4 Å². The topological polar surface area (TPSA) is 38.5 Å². The second-order valence-corrected chi connectivity index (χ2v) is 5.81. The monoisotopic (exact) mass is 248 g/mol. The molecule has 0 atom stereocenters. The number of hydrogen-bond acceptors (Lipinski definition) is 3. The predicted molar refractivity (Wildman–Crippen MR) is 77.3 cm³/mol. The maximum Gasteiger partial charge on any atom is 0.144 e. The molecule has 0 radical (unpaired) electrons. The van der Waals surface area contributed by atoms with Crippen LogP contribution in [0.1, 0.15) is 33.6 Å². The smallest absolute Gasteiger partial charge is 0.144 e. The van der Waals surface area contributed by atoms with E-state index in [0.29, 0.717) is 12.0 Å². The standard InChI is InChI=1S/C15H24N2O/c1-4-18-13-8-5-7-12(14(13)16)17-10-6-9-15(2,3)11-17/h5,7-8H,4,6,9-11,16H2,1-3H3. The van der Waals surface area contributed by atoms with E-state index in [-0.39, 0.29) is 0 Å². The third-order valence-corrected chi connectivity index (χ3v) is 3.58. The van der Waals surface area contributed by atoms with Gasteiger partial charge < -0.3 is 15.4 Å². The molecule has 0 aromatic heterocycles. The molecule has 1 aliphatic heterocycles. The lowest BCUT2D eigenvalue weighted by atomic mass is 9.84. The van der Waals surface area contributed by atoms with Gasteiger partial charge in [0, 0.05) is 13.1 Å². The van der Waals surface area contributed by atoms with Gasteiger partial charge in [-0.05, 0) is 37.3 Å². The summed E-state index contributed by atoms with van der Waals surface area (Å²) in [5.74, 6) is 0.804. The van der Waals surface area contributed by atoms with Gasteiger partial charge in [-0.3, -0.25) is 0 Å². The Bertz CT molecular complexity index is 415. The fourth-order valence-corrected chi connectivity index (χ4v) is 2.72. The van der Waals surface area contributed by atoms with E-state index in [9.17, 15) is 0 Å². The molecule has 0 saturated carbocycles. The maximum atomic E-state index is 6.22. The van der Waals surface area contributed by atoms with E-state index in [1.54, 1.807) is 0 Å². The number of piperidine rings is 1. The van der Waals surface area contributed by atoms with Crippen molar-refractivity contribution in [3.05, 3.63) is 18.2 Å². The third kappa shape index (κ3) is 2.71. The molecule has 0 amide bonds. The highest BCUT2D eigenvalue weighted by Crippen LogP contribution is 2.37. The summed E-state index contributed by atoms with van der Waals surface area (Å²) in [6.07, 6.45) is 2.51. The van der Waals surface area contributed by atoms with Crippen LogP contribution in [-0.2, 0) is 0 Å². The minimum Gasteiger partial charge on any atom is -0.492 e. The Morgan fingerprint density at radius 1 is 1.39 bits per heavy atom. The van der Waals surface area contributed by atoms with Gasteiger partial charge in [0.2, 0.25) is 0 Å². The van der Waals surface area contributed by atoms with Crippen LogP contribution in [0.25, 0.3) is 0 Å². The minimum absolute atomic E-state index is 0.367. The second kappa shape index (κ2) is 5.09. The van der Waals surface area contributed by atoms with Gasteiger partial charge in [0.15, 0.2) is 0 Å². The van der Waals surface area contributed by atoms with Crippen LogP contribution in [0, 0.1) is 5.41 Å². The lowest BCUT2D eigenvalue weighted by Gasteiger charge is -2.40. The van der Waals surface area contributed by atoms with Crippen molar-refractivity contribution in [2.75, 3.05) is 30.3 Å². The zero-order valence-electron chi connectivity index (χ0n) is 11.7. The highest BCUT2D eigenvalue weighted by Gasteiger charge is 2.27. The minimum atomic E-state index is 0.367. The Kier molecular flexibility index (Phi) is 3.69. The molecule has 0 aliphatic carbocycles. The second-order valence-electron chi connectivity index (χ2n) is 5.81. The summed E-state index contributed by atoms with van der Waals surface area (Å²) in [6, 6.07) is 6.06. The lowest BCUT2D eigenvalue weighted by molar-refractivity contribution is 0.293. The van der Waals surface area contributed by atoms with E-state index in [0.717, 1.165) is 30.2 Å². The zero-order valence-corrected chi connectivity index (χ0v) is 11.7. The maximum absolute atomic E-state index is 6.22. The summed E-state index contributed by atoms with van der Waals surface area (Å²) >= 11 is 0. The number of nitrogen functional groups attached to an aromatic ring is 1. The number of nitrogens with two attached hydrogens (primary N) is 1. The Labute approximate surface area is 110 Å². The summed E-state index contributed by atoms with van der Waals surface area (Å²) in [5, 5.41) is 0. The Morgan fingerprint density at radius 2 is 2.17 bits per heavy atom. The fourth-order valence-electron chi connectivity index (χ4n) is 2.72. The normalized spacial score (nSPS) is 18.7. The third-order valence-electron chi connectivity index (χ3n) is 3.58. The molecule has 1 saturated heterocycles. The quantitative estimate of drug-likeness (QED) is 0.834. The van der Waals surface area contributed by atoms with Gasteiger partial charge in [-0.2, -0.15) is 0 Å². The first kappa shape index (κ1) is 13.1. The van der Waals surface area contributed by atoms with Gasteiger partial charge >= 0.3 is 0 Å². The van der Waals surface area contributed by atoms with Crippen molar-refractivity contribution in [2.45, 2.75) is 33.6 Å². The SMILES string of the molecule is CCOc1cccc(N2CCCC(C)(C)C2)c1N. The van der Waals surface area contributed by atoms with Crippen molar-refractivity contribution in [3.63, 3.8) is 0 Å². The average molecular weight is 248 g/mol. The van der Waals surface area contributed by atoms with Crippen LogP contribution in [0.4, 0.5) is 11.4 Å². The Hall–Kier alpha value is -1.38. The van der Waals surface area contributed by atoms with Gasteiger partial charge in [0.1, 0.15) is 5.75 Å². The molecule has 3 heteroatoms. The number of rotatable bonds is 3. The summed E-state index contributed by atoms with van der Waals surface area (Å²) in [7, 11) is 0. The molecule has 1 aromatic rings. The van der Waals surface area contributed by atoms with Crippen molar-refractivity contribution in [3.8, 4) is 5.75 Å². The van der Waals surface area contributed by atoms with Gasteiger partial charge in [-0.15, -0.1) is 0 Å². The molecule has 2 rings (SSSR count). The van der Waals surface area contributed by atoms with Crippen LogP contribution >= 0.6 is 0 Å². The van der Waals surface area contributed by atoms with Crippen molar-refractivity contribution < 1.29 is 4.74 Å². The number of benzene rings is 1. The predicted octanol–water partition coefficient (Wildman–Crippen LogP) is 3.29. The molecule has 18 heavy (non-hydrogen) atoms. The number of anilines is 2. The number of ether oxygens (including phenoxy) is 1. The molecule has 3 nitrogen and oxygen atoms in total. The van der Waals surface area contributed by atoms with Gasteiger partial charge in [-0.25, -0.2) is 0 Å². The summed E-state index contributed by atoms with van der Waals surface area (Å²) < 4.78 is 5.57. The van der Waals surface area contributed by atoms with Crippen molar-refractivity contribution in [1.29, 1.82) is 0 Å². The van der Waals surface area contributed by atoms with E-state index in [2.05, 4.69) is 24.8 Å². The molecule has 1 heterocycles. The number of hydrogen-bond donors (Lipinski definition) is 1. The molecule has 0 unspecified atom stereocenters. The molecule has 0 spiro atoms. The molecule has 1 fully saturated rings. The zero-order chi connectivity index (χ0) is 13.2. The van der Waals surface area contributed by atoms with E-state index < -0.39 is 0 Å².